The van der Waals surface area contributed by atoms with Gasteiger partial charge in [-0.15, -0.1) is 0 Å². The van der Waals surface area contributed by atoms with Gasteiger partial charge in [0.05, 0.1) is 0 Å². The minimum Gasteiger partial charge on any atom is -0.361 e. The average Bonchev–Trinajstić information content (AvgIpc) is 2.34. The Hall–Kier alpha value is -1.28. The van der Waals surface area contributed by atoms with Crippen LogP contribution < -0.4 is 6.15 Å². The van der Waals surface area contributed by atoms with Crippen LogP contribution in [-0.4, -0.2) is 4.98 Å². The Morgan fingerprint density at radius 1 is 1.18 bits per heavy atom. The molecule has 0 atom stereocenters. The predicted octanol–water partition coefficient (Wildman–Crippen LogP) is 2.64. The van der Waals surface area contributed by atoms with Crippen molar-refractivity contribution >= 4 is 10.9 Å². The van der Waals surface area contributed by atoms with Crippen molar-refractivity contribution in [2.24, 2.45) is 0 Å². The molecule has 1 aromatic carbocycles. The number of H-pyrrole nitrogens is 1. The first-order chi connectivity index (χ1) is 4.88. The van der Waals surface area contributed by atoms with Crippen LogP contribution >= 0.6 is 0 Å². The van der Waals surface area contributed by atoms with Crippen LogP contribution in [0.15, 0.2) is 30.5 Å². The molecule has 2 nitrogen and oxygen atoms in total. The molecule has 0 fully saturated rings. The molecule has 0 unspecified atom stereocenters. The number of aromatic nitrogens is 1. The topological polar surface area (TPSA) is 50.8 Å². The number of aromatic amines is 1. The summed E-state index contributed by atoms with van der Waals surface area (Å²) in [5, 5.41) is 1.32. The van der Waals surface area contributed by atoms with Crippen molar-refractivity contribution in [3.63, 3.8) is 0 Å². The van der Waals surface area contributed by atoms with Crippen molar-refractivity contribution < 1.29 is 0 Å². The van der Waals surface area contributed by atoms with Crippen LogP contribution in [0, 0.1) is 6.92 Å². The molecule has 11 heavy (non-hydrogen) atoms. The van der Waals surface area contributed by atoms with E-state index in [9.17, 15) is 0 Å². The van der Waals surface area contributed by atoms with Crippen molar-refractivity contribution in [2.75, 3.05) is 0 Å². The van der Waals surface area contributed by atoms with Crippen LogP contribution in [-0.2, 0) is 0 Å². The van der Waals surface area contributed by atoms with Gasteiger partial charge in [-0.05, 0) is 18.6 Å². The van der Waals surface area contributed by atoms with E-state index < -0.39 is 0 Å². The highest BCUT2D eigenvalue weighted by Crippen LogP contribution is 2.15. The molecule has 0 radical (unpaired) electrons. The molecule has 0 aliphatic rings. The van der Waals surface area contributed by atoms with Gasteiger partial charge < -0.3 is 11.1 Å². The molecule has 1 heterocycles. The molecule has 0 amide bonds. The zero-order valence-electron chi connectivity index (χ0n) is 6.59. The van der Waals surface area contributed by atoms with Gasteiger partial charge in [0, 0.05) is 17.1 Å². The number of nitrogens with one attached hydrogen (secondary N) is 1. The Balaban J connectivity index is 0.000000605. The van der Waals surface area contributed by atoms with Gasteiger partial charge in [-0.1, -0.05) is 18.2 Å². The summed E-state index contributed by atoms with van der Waals surface area (Å²) < 4.78 is 0. The summed E-state index contributed by atoms with van der Waals surface area (Å²) in [5.74, 6) is 0. The van der Waals surface area contributed by atoms with E-state index >= 15 is 0 Å². The summed E-state index contributed by atoms with van der Waals surface area (Å²) in [6.45, 7) is 2.11. The molecule has 0 aliphatic heterocycles. The van der Waals surface area contributed by atoms with E-state index in [1.54, 1.807) is 0 Å². The largest absolute Gasteiger partial charge is 0.361 e. The monoisotopic (exact) mass is 148 g/mol. The molecule has 0 aliphatic carbocycles. The maximum Gasteiger partial charge on any atom is 0.0456 e. The van der Waals surface area contributed by atoms with E-state index in [1.807, 2.05) is 12.3 Å². The first-order valence-electron chi connectivity index (χ1n) is 3.40. The lowest BCUT2D eigenvalue weighted by Gasteiger charge is -1.86. The highest BCUT2D eigenvalue weighted by Gasteiger charge is 1.94. The maximum atomic E-state index is 3.19. The number of aryl methyl sites for hydroxylation is 1. The zero-order chi connectivity index (χ0) is 6.97. The summed E-state index contributed by atoms with van der Waals surface area (Å²) in [7, 11) is 0. The fourth-order valence-corrected chi connectivity index (χ4v) is 1.22. The van der Waals surface area contributed by atoms with Crippen molar-refractivity contribution in [3.8, 4) is 0 Å². The normalized spacial score (nSPS) is 9.55. The molecule has 0 spiro atoms. The van der Waals surface area contributed by atoms with Crippen LogP contribution in [0.3, 0.4) is 0 Å². The molecule has 0 saturated heterocycles. The maximum absolute atomic E-state index is 3.19. The van der Waals surface area contributed by atoms with Crippen LogP contribution in [0.5, 0.6) is 0 Å². The molecule has 2 rings (SSSR count). The molecule has 4 N–H and O–H groups in total. The second-order valence-electron chi connectivity index (χ2n) is 2.52. The van der Waals surface area contributed by atoms with Crippen molar-refractivity contribution in [1.82, 2.24) is 11.1 Å². The first kappa shape index (κ1) is 7.82. The third-order valence-electron chi connectivity index (χ3n) is 1.80. The van der Waals surface area contributed by atoms with Gasteiger partial charge in [0.2, 0.25) is 0 Å². The van der Waals surface area contributed by atoms with E-state index in [4.69, 9.17) is 0 Å². The van der Waals surface area contributed by atoms with Crippen LogP contribution in [0.25, 0.3) is 10.9 Å². The molecule has 1 aromatic heterocycles. The highest BCUT2D eigenvalue weighted by molar-refractivity contribution is 5.82. The number of para-hydroxylation sites is 1. The third kappa shape index (κ3) is 1.12. The highest BCUT2D eigenvalue weighted by atomic mass is 14.7. The lowest BCUT2D eigenvalue weighted by atomic mass is 10.2. The second kappa shape index (κ2) is 2.76. The molecule has 2 heteroatoms. The van der Waals surface area contributed by atoms with Gasteiger partial charge in [-0.3, -0.25) is 0 Å². The van der Waals surface area contributed by atoms with Crippen LogP contribution in [0.1, 0.15) is 5.56 Å². The summed E-state index contributed by atoms with van der Waals surface area (Å²) in [4.78, 5) is 3.19. The minimum absolute atomic E-state index is 0. The van der Waals surface area contributed by atoms with E-state index in [0.717, 1.165) is 0 Å². The Morgan fingerprint density at radius 3 is 2.64 bits per heavy atom. The van der Waals surface area contributed by atoms with Crippen LogP contribution in [0.2, 0.25) is 0 Å². The van der Waals surface area contributed by atoms with Gasteiger partial charge in [0.1, 0.15) is 0 Å². The number of rotatable bonds is 0. The number of hydrogen-bond acceptors (Lipinski definition) is 1. The molecule has 58 valence electrons. The lowest BCUT2D eigenvalue weighted by Crippen LogP contribution is -1.64. The SMILES string of the molecule is Cc1c[nH]c2ccccc12.N. The Morgan fingerprint density at radius 2 is 1.91 bits per heavy atom. The summed E-state index contributed by atoms with van der Waals surface area (Å²) >= 11 is 0. The molecule has 0 saturated carbocycles. The summed E-state index contributed by atoms with van der Waals surface area (Å²) in [5.41, 5.74) is 2.54. The summed E-state index contributed by atoms with van der Waals surface area (Å²) in [6.07, 6.45) is 2.03. The van der Waals surface area contributed by atoms with Crippen molar-refractivity contribution in [2.45, 2.75) is 6.92 Å². The van der Waals surface area contributed by atoms with Gasteiger partial charge in [0.15, 0.2) is 0 Å². The number of fused-ring (bicyclic) bond motifs is 1. The fraction of sp³-hybridized carbons (Fsp3) is 0.111. The summed E-state index contributed by atoms with van der Waals surface area (Å²) in [6, 6.07) is 8.31. The number of benzene rings is 1. The van der Waals surface area contributed by atoms with Gasteiger partial charge in [-0.25, -0.2) is 0 Å². The Kier molecular flexibility index (Phi) is 1.96. The van der Waals surface area contributed by atoms with E-state index in [2.05, 4.69) is 30.1 Å². The quantitative estimate of drug-likeness (QED) is 0.592. The van der Waals surface area contributed by atoms with Gasteiger partial charge in [0.25, 0.3) is 0 Å². The molecule has 2 aromatic rings. The smallest absolute Gasteiger partial charge is 0.0456 e. The third-order valence-corrected chi connectivity index (χ3v) is 1.80. The molecular weight excluding hydrogens is 136 g/mol. The first-order valence-corrected chi connectivity index (χ1v) is 3.40. The van der Waals surface area contributed by atoms with E-state index in [0.29, 0.717) is 0 Å². The number of hydrogen-bond donors (Lipinski definition) is 2. The Bertz CT molecular complexity index is 349. The Labute approximate surface area is 65.8 Å². The standard InChI is InChI=1S/C9H9N.H3N/c1-7-6-10-9-5-3-2-4-8(7)9;/h2-6,10H,1H3;1H3. The van der Waals surface area contributed by atoms with Crippen molar-refractivity contribution in [1.29, 1.82) is 0 Å². The van der Waals surface area contributed by atoms with Gasteiger partial charge >= 0.3 is 0 Å². The van der Waals surface area contributed by atoms with E-state index in [-0.39, 0.29) is 6.15 Å². The van der Waals surface area contributed by atoms with Gasteiger partial charge in [-0.2, -0.15) is 0 Å². The predicted molar refractivity (Wildman–Crippen MR) is 48.1 cm³/mol. The zero-order valence-corrected chi connectivity index (χ0v) is 6.59. The second-order valence-corrected chi connectivity index (χ2v) is 2.52. The van der Waals surface area contributed by atoms with Crippen molar-refractivity contribution in [3.05, 3.63) is 36.0 Å². The van der Waals surface area contributed by atoms with E-state index in [1.165, 1.54) is 16.5 Å². The minimum atomic E-state index is 0. The lowest BCUT2D eigenvalue weighted by molar-refractivity contribution is 1.43. The average molecular weight is 148 g/mol. The molecular formula is C9H12N2. The van der Waals surface area contributed by atoms with Crippen LogP contribution in [0.4, 0.5) is 0 Å². The molecule has 0 bridgehead atoms. The fourth-order valence-electron chi connectivity index (χ4n) is 1.22.